The molecule has 0 atom stereocenters. The third-order valence-electron chi connectivity index (χ3n) is 1.69. The van der Waals surface area contributed by atoms with Crippen LogP contribution < -0.4 is 5.32 Å². The van der Waals surface area contributed by atoms with Gasteiger partial charge in [-0.25, -0.2) is 9.90 Å². The molecule has 0 unspecified atom stereocenters. The molecule has 0 saturated carbocycles. The van der Waals surface area contributed by atoms with Gasteiger partial charge in [-0.3, -0.25) is 4.79 Å². The van der Waals surface area contributed by atoms with Gasteiger partial charge in [-0.2, -0.15) is 0 Å². The summed E-state index contributed by atoms with van der Waals surface area (Å²) in [5.74, 6) is -1.40. The molecule has 1 aromatic carbocycles. The number of amides is 1. The van der Waals surface area contributed by atoms with Gasteiger partial charge in [0.15, 0.2) is 0 Å². The zero-order chi connectivity index (χ0) is 11.4. The number of anilines is 1. The molecule has 1 rings (SSSR count). The highest BCUT2D eigenvalue weighted by molar-refractivity contribution is 6.33. The van der Waals surface area contributed by atoms with Crippen molar-refractivity contribution >= 4 is 29.2 Å². The van der Waals surface area contributed by atoms with Crippen LogP contribution in [0.25, 0.3) is 0 Å². The smallest absolute Gasteiger partial charge is 0.325 e. The summed E-state index contributed by atoms with van der Waals surface area (Å²) in [6, 6.07) is 4.62. The van der Waals surface area contributed by atoms with Crippen LogP contribution in [-0.2, 0) is 21.1 Å². The van der Waals surface area contributed by atoms with Gasteiger partial charge < -0.3 is 5.32 Å². The van der Waals surface area contributed by atoms with E-state index in [4.69, 9.17) is 11.6 Å². The van der Waals surface area contributed by atoms with Gasteiger partial charge in [-0.05, 0) is 17.7 Å². The van der Waals surface area contributed by atoms with Crippen LogP contribution in [0.2, 0.25) is 5.02 Å². The van der Waals surface area contributed by atoms with E-state index in [1.54, 1.807) is 12.1 Å². The van der Waals surface area contributed by atoms with Crippen molar-refractivity contribution in [3.8, 4) is 0 Å². The van der Waals surface area contributed by atoms with Crippen molar-refractivity contribution in [2.24, 2.45) is 0 Å². The fourth-order valence-corrected chi connectivity index (χ4v) is 1.38. The van der Waals surface area contributed by atoms with Crippen LogP contribution in [0.4, 0.5) is 5.69 Å². The molecule has 0 fully saturated rings. The second kappa shape index (κ2) is 4.79. The molecule has 0 heterocycles. The lowest BCUT2D eigenvalue weighted by molar-refractivity contribution is -0.142. The summed E-state index contributed by atoms with van der Waals surface area (Å²) in [5, 5.41) is 13.1. The van der Waals surface area contributed by atoms with Crippen LogP contribution in [-0.4, -0.2) is 11.9 Å². The first-order valence-electron chi connectivity index (χ1n) is 4.25. The molecule has 79 valence electrons. The Kier molecular flexibility index (Phi) is 3.68. The molecule has 0 saturated heterocycles. The largest absolute Gasteiger partial charge is 0.359 e. The van der Waals surface area contributed by atoms with E-state index in [1.165, 1.54) is 13.0 Å². The third-order valence-corrected chi connectivity index (χ3v) is 2.01. The lowest BCUT2D eigenvalue weighted by Gasteiger charge is -2.05. The summed E-state index contributed by atoms with van der Waals surface area (Å²) in [7, 11) is 0. The van der Waals surface area contributed by atoms with Gasteiger partial charge in [0.1, 0.15) is 0 Å². The summed E-state index contributed by atoms with van der Waals surface area (Å²) in [6.07, 6.45) is -0.194. The highest BCUT2D eigenvalue weighted by Crippen LogP contribution is 2.23. The number of hydrogen-bond donors (Lipinski definition) is 1. The Balaban J connectivity index is 2.87. The molecule has 15 heavy (non-hydrogen) atoms. The average molecular weight is 227 g/mol. The molecule has 5 heteroatoms. The standard InChI is InChI=1S/C10H9ClNO3/c1-6(13)12-9-3-2-7(4-8(9)11)5-10(14)15/h2-4H,5H2,1H3,(H,12,13). The molecule has 1 N–H and O–H groups in total. The molecule has 0 bridgehead atoms. The van der Waals surface area contributed by atoms with Gasteiger partial charge in [0.05, 0.1) is 17.1 Å². The molecule has 1 aromatic rings. The van der Waals surface area contributed by atoms with Gasteiger partial charge in [0, 0.05) is 6.92 Å². The van der Waals surface area contributed by atoms with Crippen molar-refractivity contribution in [2.75, 3.05) is 5.32 Å². The highest BCUT2D eigenvalue weighted by atomic mass is 35.5. The summed E-state index contributed by atoms with van der Waals surface area (Å²) in [6.45, 7) is 1.37. The molecule has 0 aromatic heterocycles. The zero-order valence-corrected chi connectivity index (χ0v) is 8.80. The van der Waals surface area contributed by atoms with E-state index in [-0.39, 0.29) is 12.3 Å². The first kappa shape index (κ1) is 11.5. The Morgan fingerprint density at radius 3 is 2.53 bits per heavy atom. The maximum atomic E-state index is 10.8. The molecule has 0 spiro atoms. The van der Waals surface area contributed by atoms with Crippen LogP contribution >= 0.6 is 11.6 Å². The highest BCUT2D eigenvalue weighted by Gasteiger charge is 2.06. The first-order valence-corrected chi connectivity index (χ1v) is 4.62. The molecule has 1 amide bonds. The second-order valence-electron chi connectivity index (χ2n) is 3.04. The number of carbonyl (C=O) groups is 2. The van der Waals surface area contributed by atoms with E-state index in [1.807, 2.05) is 0 Å². The number of benzene rings is 1. The number of rotatable bonds is 3. The van der Waals surface area contributed by atoms with E-state index in [2.05, 4.69) is 5.32 Å². The van der Waals surface area contributed by atoms with E-state index in [0.717, 1.165) is 0 Å². The fraction of sp³-hybridized carbons (Fsp3) is 0.200. The van der Waals surface area contributed by atoms with Gasteiger partial charge in [-0.15, -0.1) is 0 Å². The van der Waals surface area contributed by atoms with Crippen molar-refractivity contribution in [3.63, 3.8) is 0 Å². The fourth-order valence-electron chi connectivity index (χ4n) is 1.13. The lowest BCUT2D eigenvalue weighted by atomic mass is 10.1. The van der Waals surface area contributed by atoms with Crippen LogP contribution in [0, 0.1) is 0 Å². The van der Waals surface area contributed by atoms with Crippen molar-refractivity contribution in [3.05, 3.63) is 28.8 Å². The number of carbonyl (C=O) groups excluding carboxylic acids is 2. The van der Waals surface area contributed by atoms with E-state index in [0.29, 0.717) is 16.3 Å². The molecule has 0 aliphatic heterocycles. The maximum absolute atomic E-state index is 10.8. The van der Waals surface area contributed by atoms with Crippen molar-refractivity contribution in [1.29, 1.82) is 0 Å². The Bertz CT molecular complexity index is 404. The topological polar surface area (TPSA) is 66.1 Å². The van der Waals surface area contributed by atoms with Gasteiger partial charge in [0.25, 0.3) is 0 Å². The summed E-state index contributed by atoms with van der Waals surface area (Å²) in [5.41, 5.74) is 1.00. The predicted molar refractivity (Wildman–Crippen MR) is 55.2 cm³/mol. The van der Waals surface area contributed by atoms with E-state index < -0.39 is 5.97 Å². The predicted octanol–water partition coefficient (Wildman–Crippen LogP) is 1.80. The monoisotopic (exact) mass is 226 g/mol. The van der Waals surface area contributed by atoms with Crippen molar-refractivity contribution in [1.82, 2.24) is 0 Å². The minimum atomic E-state index is -1.17. The molecule has 1 radical (unpaired) electrons. The van der Waals surface area contributed by atoms with Crippen LogP contribution in [0.1, 0.15) is 12.5 Å². The van der Waals surface area contributed by atoms with Crippen molar-refractivity contribution < 1.29 is 14.7 Å². The van der Waals surface area contributed by atoms with Crippen LogP contribution in [0.15, 0.2) is 18.2 Å². The summed E-state index contributed by atoms with van der Waals surface area (Å²) >= 11 is 5.83. The molecular weight excluding hydrogens is 218 g/mol. The van der Waals surface area contributed by atoms with Crippen LogP contribution in [0.3, 0.4) is 0 Å². The van der Waals surface area contributed by atoms with Crippen molar-refractivity contribution in [2.45, 2.75) is 13.3 Å². The summed E-state index contributed by atoms with van der Waals surface area (Å²) < 4.78 is 0. The molecule has 0 aliphatic carbocycles. The van der Waals surface area contributed by atoms with Gasteiger partial charge >= 0.3 is 5.97 Å². The maximum Gasteiger partial charge on any atom is 0.359 e. The zero-order valence-electron chi connectivity index (χ0n) is 8.04. The minimum absolute atomic E-state index is 0.194. The normalized spacial score (nSPS) is 9.73. The third kappa shape index (κ3) is 3.59. The number of hydrogen-bond acceptors (Lipinski definition) is 2. The van der Waals surface area contributed by atoms with Crippen LogP contribution in [0.5, 0.6) is 0 Å². The molecular formula is C10H9ClNO3. The van der Waals surface area contributed by atoms with E-state index in [9.17, 15) is 14.7 Å². The Labute approximate surface area is 91.9 Å². The Hall–Kier alpha value is -1.55. The van der Waals surface area contributed by atoms with Gasteiger partial charge in [-0.1, -0.05) is 17.7 Å². The van der Waals surface area contributed by atoms with E-state index >= 15 is 0 Å². The lowest BCUT2D eigenvalue weighted by Crippen LogP contribution is -2.06. The quantitative estimate of drug-likeness (QED) is 0.854. The molecule has 0 aliphatic rings. The Morgan fingerprint density at radius 2 is 2.07 bits per heavy atom. The first-order chi connectivity index (χ1) is 6.99. The second-order valence-corrected chi connectivity index (χ2v) is 3.45. The number of nitrogens with one attached hydrogen (secondary N) is 1. The van der Waals surface area contributed by atoms with Gasteiger partial charge in [0.2, 0.25) is 5.91 Å². The Morgan fingerprint density at radius 1 is 1.40 bits per heavy atom. The average Bonchev–Trinajstić information content (AvgIpc) is 2.08. The number of halogens is 1. The minimum Gasteiger partial charge on any atom is -0.325 e. The summed E-state index contributed by atoms with van der Waals surface area (Å²) in [4.78, 5) is 21.1. The SMILES string of the molecule is CC(=O)Nc1ccc(CC([O])=O)cc1Cl. The molecule has 4 nitrogen and oxygen atoms in total.